The van der Waals surface area contributed by atoms with Gasteiger partial charge in [0.15, 0.2) is 0 Å². The van der Waals surface area contributed by atoms with E-state index >= 15 is 0 Å². The lowest BCUT2D eigenvalue weighted by atomic mass is 10.2. The third-order valence-corrected chi connectivity index (χ3v) is 5.01. The summed E-state index contributed by atoms with van der Waals surface area (Å²) >= 11 is 11.3. The minimum absolute atomic E-state index is 0.590. The minimum atomic E-state index is 0.590. The molecule has 0 atom stereocenters. The molecule has 0 aliphatic rings. The SMILES string of the molecule is CCc1sc2cc(CCl)ccc2c1Br. The number of benzene rings is 1. The first kappa shape index (κ1) is 10.5. The van der Waals surface area contributed by atoms with Gasteiger partial charge in [-0.05, 0) is 34.0 Å². The Balaban J connectivity index is 2.66. The molecule has 0 aliphatic heterocycles. The molecule has 0 unspecified atom stereocenters. The molecule has 1 heterocycles. The molecule has 0 nitrogen and oxygen atoms in total. The summed E-state index contributed by atoms with van der Waals surface area (Å²) in [5, 5.41) is 1.31. The Hall–Kier alpha value is -0.0500. The van der Waals surface area contributed by atoms with E-state index < -0.39 is 0 Å². The molecule has 0 amide bonds. The van der Waals surface area contributed by atoms with E-state index in [2.05, 4.69) is 41.1 Å². The third-order valence-electron chi connectivity index (χ3n) is 2.24. The first-order valence-corrected chi connectivity index (χ1v) is 6.66. The number of hydrogen-bond donors (Lipinski definition) is 0. The van der Waals surface area contributed by atoms with Gasteiger partial charge >= 0.3 is 0 Å². The van der Waals surface area contributed by atoms with Gasteiger partial charge in [-0.15, -0.1) is 22.9 Å². The molecule has 0 N–H and O–H groups in total. The predicted molar refractivity (Wildman–Crippen MR) is 68.5 cm³/mol. The molecule has 1 aromatic carbocycles. The maximum Gasteiger partial charge on any atom is 0.0474 e. The summed E-state index contributed by atoms with van der Waals surface area (Å²) in [7, 11) is 0. The van der Waals surface area contributed by atoms with Gasteiger partial charge in [0.2, 0.25) is 0 Å². The van der Waals surface area contributed by atoms with Gasteiger partial charge in [-0.25, -0.2) is 0 Å². The van der Waals surface area contributed by atoms with Crippen LogP contribution in [0.25, 0.3) is 10.1 Å². The van der Waals surface area contributed by atoms with E-state index in [0.29, 0.717) is 5.88 Å². The van der Waals surface area contributed by atoms with Crippen LogP contribution in [0.5, 0.6) is 0 Å². The third kappa shape index (κ3) is 1.71. The van der Waals surface area contributed by atoms with Gasteiger partial charge in [-0.3, -0.25) is 0 Å². The lowest BCUT2D eigenvalue weighted by Gasteiger charge is -1.94. The monoisotopic (exact) mass is 288 g/mol. The van der Waals surface area contributed by atoms with E-state index in [1.54, 1.807) is 0 Å². The first-order chi connectivity index (χ1) is 6.76. The zero-order valence-corrected chi connectivity index (χ0v) is 11.0. The summed E-state index contributed by atoms with van der Waals surface area (Å²) in [6, 6.07) is 6.41. The number of rotatable bonds is 2. The highest BCUT2D eigenvalue weighted by atomic mass is 79.9. The van der Waals surface area contributed by atoms with Crippen LogP contribution < -0.4 is 0 Å². The molecule has 0 fully saturated rings. The second-order valence-corrected chi connectivity index (χ2v) is 5.35. The average molecular weight is 290 g/mol. The Bertz CT molecular complexity index is 462. The molecule has 0 aliphatic carbocycles. The number of aryl methyl sites for hydroxylation is 1. The van der Waals surface area contributed by atoms with E-state index in [0.717, 1.165) is 6.42 Å². The second-order valence-electron chi connectivity index (χ2n) is 3.16. The van der Waals surface area contributed by atoms with Crippen LogP contribution in [0.3, 0.4) is 0 Å². The van der Waals surface area contributed by atoms with Crippen molar-refractivity contribution >= 4 is 49.0 Å². The van der Waals surface area contributed by atoms with Crippen molar-refractivity contribution in [2.24, 2.45) is 0 Å². The Kier molecular flexibility index (Phi) is 3.15. The van der Waals surface area contributed by atoms with E-state index in [1.165, 1.54) is 25.0 Å². The predicted octanol–water partition coefficient (Wildman–Crippen LogP) is 4.97. The molecule has 14 heavy (non-hydrogen) atoms. The molecular formula is C11H10BrClS. The smallest absolute Gasteiger partial charge is 0.0474 e. The Morgan fingerprint density at radius 1 is 1.43 bits per heavy atom. The van der Waals surface area contributed by atoms with Crippen LogP contribution in [0, 0.1) is 0 Å². The van der Waals surface area contributed by atoms with Crippen molar-refractivity contribution in [3.63, 3.8) is 0 Å². The summed E-state index contributed by atoms with van der Waals surface area (Å²) in [5.41, 5.74) is 1.19. The molecule has 3 heteroatoms. The molecule has 74 valence electrons. The van der Waals surface area contributed by atoms with Crippen LogP contribution in [-0.4, -0.2) is 0 Å². The molecule has 2 aromatic rings. The highest BCUT2D eigenvalue weighted by Crippen LogP contribution is 2.36. The van der Waals surface area contributed by atoms with Crippen molar-refractivity contribution in [2.75, 3.05) is 0 Å². The van der Waals surface area contributed by atoms with E-state index in [4.69, 9.17) is 11.6 Å². The standard InChI is InChI=1S/C11H10BrClS/c1-2-9-11(12)8-4-3-7(6-13)5-10(8)14-9/h3-5H,2,6H2,1H3. The van der Waals surface area contributed by atoms with Crippen molar-refractivity contribution in [1.82, 2.24) is 0 Å². The maximum absolute atomic E-state index is 5.80. The van der Waals surface area contributed by atoms with Crippen LogP contribution in [0.15, 0.2) is 22.7 Å². The molecular weight excluding hydrogens is 280 g/mol. The van der Waals surface area contributed by atoms with Crippen LogP contribution >= 0.6 is 38.9 Å². The van der Waals surface area contributed by atoms with Crippen LogP contribution in [0.2, 0.25) is 0 Å². The van der Waals surface area contributed by atoms with Gasteiger partial charge in [0.1, 0.15) is 0 Å². The minimum Gasteiger partial charge on any atom is -0.139 e. The molecule has 0 saturated carbocycles. The van der Waals surface area contributed by atoms with Crippen molar-refractivity contribution in [3.05, 3.63) is 33.1 Å². The lowest BCUT2D eigenvalue weighted by Crippen LogP contribution is -1.75. The summed E-state index contributed by atoms with van der Waals surface area (Å²) < 4.78 is 2.58. The van der Waals surface area contributed by atoms with Crippen molar-refractivity contribution in [1.29, 1.82) is 0 Å². The van der Waals surface area contributed by atoms with E-state index in [9.17, 15) is 0 Å². The Morgan fingerprint density at radius 2 is 2.21 bits per heavy atom. The highest BCUT2D eigenvalue weighted by Gasteiger charge is 2.08. The zero-order valence-electron chi connectivity index (χ0n) is 7.81. The summed E-state index contributed by atoms with van der Waals surface area (Å²) in [6.45, 7) is 2.18. The molecule has 0 saturated heterocycles. The number of halogens is 2. The summed E-state index contributed by atoms with van der Waals surface area (Å²) in [6.07, 6.45) is 1.08. The average Bonchev–Trinajstić information content (AvgIpc) is 2.55. The summed E-state index contributed by atoms with van der Waals surface area (Å²) in [5.74, 6) is 0.590. The zero-order chi connectivity index (χ0) is 10.1. The fraction of sp³-hybridized carbons (Fsp3) is 0.273. The Labute approximate surface area is 101 Å². The molecule has 0 bridgehead atoms. The number of alkyl halides is 1. The van der Waals surface area contributed by atoms with Crippen molar-refractivity contribution in [3.8, 4) is 0 Å². The first-order valence-electron chi connectivity index (χ1n) is 4.52. The molecule has 0 radical (unpaired) electrons. The number of thiophene rings is 1. The van der Waals surface area contributed by atoms with Crippen LogP contribution in [-0.2, 0) is 12.3 Å². The number of hydrogen-bond acceptors (Lipinski definition) is 1. The maximum atomic E-state index is 5.80. The van der Waals surface area contributed by atoms with Gasteiger partial charge in [0, 0.05) is 25.3 Å². The topological polar surface area (TPSA) is 0 Å². The fourth-order valence-corrected chi connectivity index (χ4v) is 3.74. The molecule has 2 rings (SSSR count). The van der Waals surface area contributed by atoms with Crippen molar-refractivity contribution < 1.29 is 0 Å². The van der Waals surface area contributed by atoms with E-state index in [1.807, 2.05) is 11.3 Å². The lowest BCUT2D eigenvalue weighted by molar-refractivity contribution is 1.18. The van der Waals surface area contributed by atoms with Gasteiger partial charge in [0.25, 0.3) is 0 Å². The van der Waals surface area contributed by atoms with E-state index in [-0.39, 0.29) is 0 Å². The van der Waals surface area contributed by atoms with Crippen LogP contribution in [0.1, 0.15) is 17.4 Å². The highest BCUT2D eigenvalue weighted by molar-refractivity contribution is 9.10. The normalized spacial score (nSPS) is 11.1. The molecule has 0 spiro atoms. The second kappa shape index (κ2) is 4.21. The number of fused-ring (bicyclic) bond motifs is 1. The van der Waals surface area contributed by atoms with Gasteiger partial charge in [0.05, 0.1) is 0 Å². The quantitative estimate of drug-likeness (QED) is 0.685. The fourth-order valence-electron chi connectivity index (χ4n) is 1.47. The van der Waals surface area contributed by atoms with Gasteiger partial charge < -0.3 is 0 Å². The van der Waals surface area contributed by atoms with Gasteiger partial charge in [-0.2, -0.15) is 0 Å². The largest absolute Gasteiger partial charge is 0.139 e. The summed E-state index contributed by atoms with van der Waals surface area (Å²) in [4.78, 5) is 1.41. The van der Waals surface area contributed by atoms with Crippen LogP contribution in [0.4, 0.5) is 0 Å². The Morgan fingerprint density at radius 3 is 2.86 bits per heavy atom. The van der Waals surface area contributed by atoms with Gasteiger partial charge in [-0.1, -0.05) is 19.1 Å². The van der Waals surface area contributed by atoms with Crippen molar-refractivity contribution in [2.45, 2.75) is 19.2 Å². The molecule has 1 aromatic heterocycles.